The van der Waals surface area contributed by atoms with Crippen LogP contribution in [0.25, 0.3) is 0 Å². The lowest BCUT2D eigenvalue weighted by atomic mass is 10.0. The number of ether oxygens (including phenoxy) is 1. The van der Waals surface area contributed by atoms with E-state index in [1.807, 2.05) is 43.9 Å². The Kier molecular flexibility index (Phi) is 4.97. The number of methoxy groups -OCH3 is 1. The molecule has 2 amide bonds. The second kappa shape index (κ2) is 7.17. The van der Waals surface area contributed by atoms with Crippen LogP contribution in [0, 0.1) is 20.8 Å². The van der Waals surface area contributed by atoms with Crippen molar-refractivity contribution in [2.45, 2.75) is 46.2 Å². The van der Waals surface area contributed by atoms with Crippen LogP contribution in [0.3, 0.4) is 0 Å². The zero-order chi connectivity index (χ0) is 18.0. The fraction of sp³-hybridized carbons (Fsp3) is 0.474. The predicted molar refractivity (Wildman–Crippen MR) is 96.7 cm³/mol. The monoisotopic (exact) mass is 342 g/mol. The second-order valence-electron chi connectivity index (χ2n) is 6.66. The lowest BCUT2D eigenvalue weighted by molar-refractivity contribution is 0.192. The Hall–Kier alpha value is -2.50. The van der Waals surface area contributed by atoms with Gasteiger partial charge in [0.15, 0.2) is 0 Å². The normalized spacial score (nSPS) is 17.0. The molecule has 6 heteroatoms. The summed E-state index contributed by atoms with van der Waals surface area (Å²) in [7, 11) is 1.66. The van der Waals surface area contributed by atoms with Gasteiger partial charge in [-0.25, -0.2) is 4.79 Å². The van der Waals surface area contributed by atoms with Gasteiger partial charge in [0.1, 0.15) is 5.75 Å². The third kappa shape index (κ3) is 3.48. The first-order valence-electron chi connectivity index (χ1n) is 8.70. The summed E-state index contributed by atoms with van der Waals surface area (Å²) in [4.78, 5) is 14.6. The van der Waals surface area contributed by atoms with Crippen LogP contribution in [-0.2, 0) is 6.54 Å². The van der Waals surface area contributed by atoms with Gasteiger partial charge in [0, 0.05) is 24.3 Å². The van der Waals surface area contributed by atoms with Gasteiger partial charge in [-0.2, -0.15) is 5.10 Å². The highest BCUT2D eigenvalue weighted by molar-refractivity contribution is 5.75. The van der Waals surface area contributed by atoms with Crippen molar-refractivity contribution in [3.8, 4) is 5.75 Å². The van der Waals surface area contributed by atoms with Crippen LogP contribution in [0.1, 0.15) is 47.0 Å². The fourth-order valence-electron chi connectivity index (χ4n) is 3.69. The van der Waals surface area contributed by atoms with Crippen molar-refractivity contribution in [1.82, 2.24) is 20.4 Å². The molecular formula is C19H26N4O2. The molecule has 0 saturated carbocycles. The first-order valence-corrected chi connectivity index (χ1v) is 8.70. The van der Waals surface area contributed by atoms with Crippen LogP contribution in [0.2, 0.25) is 0 Å². The Balaban J connectivity index is 1.67. The minimum absolute atomic E-state index is 0.0176. The molecule has 1 atom stereocenters. The van der Waals surface area contributed by atoms with Crippen molar-refractivity contribution in [1.29, 1.82) is 0 Å². The van der Waals surface area contributed by atoms with Crippen LogP contribution in [-0.4, -0.2) is 34.8 Å². The highest BCUT2D eigenvalue weighted by Crippen LogP contribution is 2.34. The molecule has 0 bridgehead atoms. The van der Waals surface area contributed by atoms with E-state index in [4.69, 9.17) is 4.74 Å². The zero-order valence-corrected chi connectivity index (χ0v) is 15.3. The van der Waals surface area contributed by atoms with E-state index in [2.05, 4.69) is 15.5 Å². The van der Waals surface area contributed by atoms with Gasteiger partial charge in [-0.05, 0) is 50.8 Å². The highest BCUT2D eigenvalue weighted by Gasteiger charge is 2.32. The van der Waals surface area contributed by atoms with E-state index in [0.717, 1.165) is 53.2 Å². The first kappa shape index (κ1) is 17.3. The number of carbonyl (C=O) groups is 1. The van der Waals surface area contributed by atoms with E-state index in [0.29, 0.717) is 6.54 Å². The van der Waals surface area contributed by atoms with Crippen molar-refractivity contribution < 1.29 is 9.53 Å². The molecule has 25 heavy (non-hydrogen) atoms. The Bertz CT molecular complexity index is 749. The number of aryl methyl sites for hydroxylation is 3. The summed E-state index contributed by atoms with van der Waals surface area (Å²) < 4.78 is 5.28. The average Bonchev–Trinajstić information content (AvgIpc) is 3.19. The molecule has 3 rings (SSSR count). The number of rotatable bonds is 4. The molecule has 2 heterocycles. The van der Waals surface area contributed by atoms with Crippen molar-refractivity contribution in [2.75, 3.05) is 13.7 Å². The van der Waals surface area contributed by atoms with E-state index in [9.17, 15) is 4.79 Å². The number of amides is 2. The number of benzene rings is 1. The summed E-state index contributed by atoms with van der Waals surface area (Å²) >= 11 is 0. The van der Waals surface area contributed by atoms with Gasteiger partial charge in [0.25, 0.3) is 0 Å². The SMILES string of the molecule is COc1ccc(CNC(=O)N2CCCC2c2c(C)n[nH]c2C)cc1C. The molecule has 1 aromatic carbocycles. The number of urea groups is 1. The summed E-state index contributed by atoms with van der Waals surface area (Å²) in [6, 6.07) is 6.06. The predicted octanol–water partition coefficient (Wildman–Crippen LogP) is 3.39. The number of aromatic nitrogens is 2. The summed E-state index contributed by atoms with van der Waals surface area (Å²) in [5.41, 5.74) is 5.32. The van der Waals surface area contributed by atoms with Gasteiger partial charge in [0.05, 0.1) is 18.8 Å². The average molecular weight is 342 g/mol. The molecule has 6 nitrogen and oxygen atoms in total. The number of carbonyl (C=O) groups excluding carboxylic acids is 1. The van der Waals surface area contributed by atoms with Crippen molar-refractivity contribution in [3.05, 3.63) is 46.3 Å². The minimum Gasteiger partial charge on any atom is -0.496 e. The molecule has 0 spiro atoms. The Labute approximate surface area is 148 Å². The van der Waals surface area contributed by atoms with E-state index in [-0.39, 0.29) is 12.1 Å². The van der Waals surface area contributed by atoms with Crippen LogP contribution in [0.5, 0.6) is 5.75 Å². The van der Waals surface area contributed by atoms with Gasteiger partial charge in [-0.3, -0.25) is 5.10 Å². The Morgan fingerprint density at radius 1 is 1.40 bits per heavy atom. The molecule has 0 radical (unpaired) electrons. The molecule has 1 aliphatic rings. The Morgan fingerprint density at radius 2 is 2.20 bits per heavy atom. The van der Waals surface area contributed by atoms with Gasteiger partial charge in [-0.1, -0.05) is 12.1 Å². The number of nitrogens with one attached hydrogen (secondary N) is 2. The fourth-order valence-corrected chi connectivity index (χ4v) is 3.69. The summed E-state index contributed by atoms with van der Waals surface area (Å²) in [5, 5.41) is 10.4. The maximum absolute atomic E-state index is 12.7. The summed E-state index contributed by atoms with van der Waals surface area (Å²) in [5.74, 6) is 0.862. The molecule has 134 valence electrons. The van der Waals surface area contributed by atoms with Crippen LogP contribution < -0.4 is 10.1 Å². The third-order valence-corrected chi connectivity index (χ3v) is 4.93. The molecule has 1 unspecified atom stereocenters. The smallest absolute Gasteiger partial charge is 0.318 e. The lowest BCUT2D eigenvalue weighted by Crippen LogP contribution is -2.39. The maximum Gasteiger partial charge on any atom is 0.318 e. The standard InChI is InChI=1S/C19H26N4O2/c1-12-10-15(7-8-17(12)25-4)11-20-19(24)23-9-5-6-16(23)18-13(2)21-22-14(18)3/h7-8,10,16H,5-6,9,11H2,1-4H3,(H,20,24)(H,21,22). The van der Waals surface area contributed by atoms with Crippen LogP contribution >= 0.6 is 0 Å². The minimum atomic E-state index is -0.0176. The molecule has 2 aromatic rings. The van der Waals surface area contributed by atoms with Crippen molar-refractivity contribution in [3.63, 3.8) is 0 Å². The number of aromatic amines is 1. The van der Waals surface area contributed by atoms with E-state index in [1.165, 1.54) is 0 Å². The molecule has 1 aliphatic heterocycles. The van der Waals surface area contributed by atoms with Gasteiger partial charge >= 0.3 is 6.03 Å². The molecule has 1 fully saturated rings. The van der Waals surface area contributed by atoms with Gasteiger partial charge in [-0.15, -0.1) is 0 Å². The molecule has 2 N–H and O–H groups in total. The third-order valence-electron chi connectivity index (χ3n) is 4.93. The zero-order valence-electron chi connectivity index (χ0n) is 15.3. The Morgan fingerprint density at radius 3 is 2.84 bits per heavy atom. The highest BCUT2D eigenvalue weighted by atomic mass is 16.5. The van der Waals surface area contributed by atoms with E-state index >= 15 is 0 Å². The lowest BCUT2D eigenvalue weighted by Gasteiger charge is -2.25. The summed E-state index contributed by atoms with van der Waals surface area (Å²) in [6.45, 7) is 7.31. The molecule has 1 aromatic heterocycles. The topological polar surface area (TPSA) is 70.2 Å². The van der Waals surface area contributed by atoms with E-state index in [1.54, 1.807) is 7.11 Å². The van der Waals surface area contributed by atoms with Crippen molar-refractivity contribution >= 4 is 6.03 Å². The number of nitrogens with zero attached hydrogens (tertiary/aromatic N) is 2. The second-order valence-corrected chi connectivity index (χ2v) is 6.66. The van der Waals surface area contributed by atoms with Gasteiger partial charge in [0.2, 0.25) is 0 Å². The molecular weight excluding hydrogens is 316 g/mol. The largest absolute Gasteiger partial charge is 0.496 e. The van der Waals surface area contributed by atoms with E-state index < -0.39 is 0 Å². The van der Waals surface area contributed by atoms with Crippen LogP contribution in [0.4, 0.5) is 4.79 Å². The number of hydrogen-bond acceptors (Lipinski definition) is 3. The number of H-pyrrole nitrogens is 1. The first-order chi connectivity index (χ1) is 12.0. The maximum atomic E-state index is 12.7. The summed E-state index contributed by atoms with van der Waals surface area (Å²) in [6.07, 6.45) is 2.00. The van der Waals surface area contributed by atoms with Gasteiger partial charge < -0.3 is 15.0 Å². The molecule has 1 saturated heterocycles. The quantitative estimate of drug-likeness (QED) is 0.895. The van der Waals surface area contributed by atoms with Crippen LogP contribution in [0.15, 0.2) is 18.2 Å². The molecule has 0 aliphatic carbocycles. The number of hydrogen-bond donors (Lipinski definition) is 2. The number of likely N-dealkylation sites (tertiary alicyclic amines) is 1. The van der Waals surface area contributed by atoms with Crippen molar-refractivity contribution in [2.24, 2.45) is 0 Å².